The van der Waals surface area contributed by atoms with Gasteiger partial charge in [-0.25, -0.2) is 0 Å². The summed E-state index contributed by atoms with van der Waals surface area (Å²) in [6.07, 6.45) is 12.6. The van der Waals surface area contributed by atoms with E-state index in [1.165, 1.54) is 97.6 Å². The smallest absolute Gasteiger partial charge is 0.123 e. The average molecular weight is 545 g/mol. The number of aromatic hydroxyl groups is 2. The molecule has 0 heterocycles. The Hall–Kier alpha value is -3.52. The van der Waals surface area contributed by atoms with Gasteiger partial charge < -0.3 is 10.2 Å². The maximum atomic E-state index is 10.8. The Bertz CT molecular complexity index is 1390. The standard InChI is InChI=1S/C39H44O2/c1-39(2,29-21-23-31(33-17-9-11-19-37(33)40)35(25-29)27-13-5-3-6-14-27)30-22-24-32(34-18-10-12-20-38(34)41)36(26-30)28-15-7-4-8-16-28/h9-12,17-28,40-41H,3-8,13-16H2,1-2H3. The summed E-state index contributed by atoms with van der Waals surface area (Å²) in [5, 5.41) is 21.5. The van der Waals surface area contributed by atoms with Crippen LogP contribution in [-0.2, 0) is 5.41 Å². The molecule has 2 aliphatic rings. The van der Waals surface area contributed by atoms with Crippen LogP contribution in [0.3, 0.4) is 0 Å². The predicted molar refractivity (Wildman–Crippen MR) is 171 cm³/mol. The van der Waals surface area contributed by atoms with E-state index in [1.807, 2.05) is 24.3 Å². The summed E-state index contributed by atoms with van der Waals surface area (Å²) in [5.74, 6) is 1.76. The molecule has 41 heavy (non-hydrogen) atoms. The fourth-order valence-electron chi connectivity index (χ4n) is 7.47. The molecule has 4 aromatic carbocycles. The third-order valence-corrected chi connectivity index (χ3v) is 10.0. The average Bonchev–Trinajstić information content (AvgIpc) is 3.02. The van der Waals surface area contributed by atoms with E-state index >= 15 is 0 Å². The Kier molecular flexibility index (Phi) is 7.93. The number of phenols is 2. The molecule has 212 valence electrons. The molecular weight excluding hydrogens is 500 g/mol. The van der Waals surface area contributed by atoms with E-state index < -0.39 is 0 Å². The molecule has 0 radical (unpaired) electrons. The van der Waals surface area contributed by atoms with Gasteiger partial charge in [-0.15, -0.1) is 0 Å². The Morgan fingerprint density at radius 1 is 0.488 bits per heavy atom. The minimum atomic E-state index is -0.193. The number of hydrogen-bond acceptors (Lipinski definition) is 2. The quantitative estimate of drug-likeness (QED) is 0.253. The highest BCUT2D eigenvalue weighted by molar-refractivity contribution is 5.76. The van der Waals surface area contributed by atoms with Crippen LogP contribution in [0.4, 0.5) is 0 Å². The van der Waals surface area contributed by atoms with Crippen molar-refractivity contribution in [3.63, 3.8) is 0 Å². The number of phenolic OH excluding ortho intramolecular Hbond substituents is 2. The summed E-state index contributed by atoms with van der Waals surface area (Å²) >= 11 is 0. The van der Waals surface area contributed by atoms with Gasteiger partial charge >= 0.3 is 0 Å². The molecule has 0 aromatic heterocycles. The van der Waals surface area contributed by atoms with Gasteiger partial charge in [0.05, 0.1) is 0 Å². The van der Waals surface area contributed by atoms with Crippen molar-refractivity contribution < 1.29 is 10.2 Å². The SMILES string of the molecule is CC(C)(c1ccc(-c2ccccc2O)c(C2CCCCC2)c1)c1ccc(-c2ccccc2O)c(C2CCCCC2)c1. The van der Waals surface area contributed by atoms with Gasteiger partial charge in [-0.2, -0.15) is 0 Å². The van der Waals surface area contributed by atoms with E-state index in [0.29, 0.717) is 23.3 Å². The zero-order valence-corrected chi connectivity index (χ0v) is 24.7. The molecular formula is C39H44O2. The van der Waals surface area contributed by atoms with Gasteiger partial charge in [0.2, 0.25) is 0 Å². The van der Waals surface area contributed by atoms with E-state index in [4.69, 9.17) is 0 Å². The summed E-state index contributed by atoms with van der Waals surface area (Å²) in [5.41, 5.74) is 9.43. The molecule has 2 N–H and O–H groups in total. The van der Waals surface area contributed by atoms with Crippen molar-refractivity contribution in [3.05, 3.63) is 107 Å². The first-order chi connectivity index (χ1) is 19.9. The molecule has 2 saturated carbocycles. The molecule has 0 spiro atoms. The largest absolute Gasteiger partial charge is 0.507 e. The van der Waals surface area contributed by atoms with Crippen molar-refractivity contribution in [2.45, 2.75) is 95.3 Å². The predicted octanol–water partition coefficient (Wildman–Crippen LogP) is 10.9. The number of hydrogen-bond donors (Lipinski definition) is 2. The fraction of sp³-hybridized carbons (Fsp3) is 0.385. The van der Waals surface area contributed by atoms with Crippen molar-refractivity contribution in [3.8, 4) is 33.8 Å². The van der Waals surface area contributed by atoms with Crippen LogP contribution in [0.5, 0.6) is 11.5 Å². The molecule has 0 amide bonds. The molecule has 0 unspecified atom stereocenters. The fourth-order valence-corrected chi connectivity index (χ4v) is 7.47. The van der Waals surface area contributed by atoms with Gasteiger partial charge in [0.25, 0.3) is 0 Å². The van der Waals surface area contributed by atoms with Crippen LogP contribution in [0.25, 0.3) is 22.3 Å². The molecule has 6 rings (SSSR count). The molecule has 2 aliphatic carbocycles. The summed E-state index contributed by atoms with van der Waals surface area (Å²) in [4.78, 5) is 0. The number of rotatable bonds is 6. The van der Waals surface area contributed by atoms with Crippen LogP contribution in [0.2, 0.25) is 0 Å². The third-order valence-electron chi connectivity index (χ3n) is 10.0. The lowest BCUT2D eigenvalue weighted by Gasteiger charge is -2.32. The summed E-state index contributed by atoms with van der Waals surface area (Å²) in [6.45, 7) is 4.71. The second-order valence-electron chi connectivity index (χ2n) is 12.9. The Labute approximate surface area is 246 Å². The van der Waals surface area contributed by atoms with Crippen molar-refractivity contribution in [2.75, 3.05) is 0 Å². The number of benzene rings is 4. The lowest BCUT2D eigenvalue weighted by molar-refractivity contribution is 0.442. The second kappa shape index (κ2) is 11.8. The molecule has 2 fully saturated rings. The maximum Gasteiger partial charge on any atom is 0.123 e. The van der Waals surface area contributed by atoms with E-state index in [2.05, 4.69) is 62.4 Å². The first kappa shape index (κ1) is 27.6. The molecule has 0 aliphatic heterocycles. The molecule has 0 atom stereocenters. The first-order valence-electron chi connectivity index (χ1n) is 15.8. The van der Waals surface area contributed by atoms with Crippen LogP contribution in [0, 0.1) is 0 Å². The minimum absolute atomic E-state index is 0.193. The van der Waals surface area contributed by atoms with Crippen LogP contribution in [-0.4, -0.2) is 10.2 Å². The van der Waals surface area contributed by atoms with Crippen molar-refractivity contribution in [2.24, 2.45) is 0 Å². The lowest BCUT2D eigenvalue weighted by Crippen LogP contribution is -2.21. The van der Waals surface area contributed by atoms with Crippen molar-refractivity contribution in [1.82, 2.24) is 0 Å². The van der Waals surface area contributed by atoms with Gasteiger partial charge in [-0.1, -0.05) is 125 Å². The molecule has 0 saturated heterocycles. The second-order valence-corrected chi connectivity index (χ2v) is 12.9. The Balaban J connectivity index is 1.45. The highest BCUT2D eigenvalue weighted by atomic mass is 16.3. The molecule has 0 bridgehead atoms. The highest BCUT2D eigenvalue weighted by Crippen LogP contribution is 2.46. The van der Waals surface area contributed by atoms with Crippen molar-refractivity contribution in [1.29, 1.82) is 0 Å². The van der Waals surface area contributed by atoms with E-state index in [9.17, 15) is 10.2 Å². The minimum Gasteiger partial charge on any atom is -0.507 e. The highest BCUT2D eigenvalue weighted by Gasteiger charge is 2.29. The lowest BCUT2D eigenvalue weighted by atomic mass is 9.72. The van der Waals surface area contributed by atoms with Gasteiger partial charge in [0.1, 0.15) is 11.5 Å². The van der Waals surface area contributed by atoms with Gasteiger partial charge in [-0.3, -0.25) is 0 Å². The van der Waals surface area contributed by atoms with Crippen LogP contribution >= 0.6 is 0 Å². The van der Waals surface area contributed by atoms with Crippen molar-refractivity contribution >= 4 is 0 Å². The first-order valence-corrected chi connectivity index (χ1v) is 15.8. The van der Waals surface area contributed by atoms with Crippen LogP contribution in [0.1, 0.15) is 112 Å². The topological polar surface area (TPSA) is 40.5 Å². The normalized spacial score (nSPS) is 17.0. The van der Waals surface area contributed by atoms with E-state index in [0.717, 1.165) is 11.1 Å². The molecule has 2 heteroatoms. The van der Waals surface area contributed by atoms with Gasteiger partial charge in [0.15, 0.2) is 0 Å². The van der Waals surface area contributed by atoms with Gasteiger partial charge in [-0.05, 0) is 83.0 Å². The Morgan fingerprint density at radius 3 is 1.27 bits per heavy atom. The van der Waals surface area contributed by atoms with Crippen LogP contribution in [0.15, 0.2) is 84.9 Å². The summed E-state index contributed by atoms with van der Waals surface area (Å²) in [7, 11) is 0. The zero-order valence-electron chi connectivity index (χ0n) is 24.7. The third kappa shape index (κ3) is 5.54. The van der Waals surface area contributed by atoms with E-state index in [1.54, 1.807) is 12.1 Å². The van der Waals surface area contributed by atoms with Crippen LogP contribution < -0.4 is 0 Å². The Morgan fingerprint density at radius 2 is 0.878 bits per heavy atom. The maximum absolute atomic E-state index is 10.8. The monoisotopic (exact) mass is 544 g/mol. The van der Waals surface area contributed by atoms with E-state index in [-0.39, 0.29) is 5.41 Å². The summed E-state index contributed by atoms with van der Waals surface area (Å²) < 4.78 is 0. The van der Waals surface area contributed by atoms with Gasteiger partial charge in [0, 0.05) is 16.5 Å². The zero-order chi connectivity index (χ0) is 28.4. The molecule has 4 aromatic rings. The summed E-state index contributed by atoms with van der Waals surface area (Å²) in [6, 6.07) is 29.6. The molecule has 2 nitrogen and oxygen atoms in total. The number of para-hydroxylation sites is 2.